The Balaban J connectivity index is 3.08. The topological polar surface area (TPSA) is 63.5 Å². The number of amides is 1. The lowest BCUT2D eigenvalue weighted by atomic mass is 10.2. The maximum Gasteiger partial charge on any atom is 0.271 e. The number of hydrogen-bond donors (Lipinski definition) is 0. The number of carbonyl (C=O) groups excluding carboxylic acids is 1. The Kier molecular flexibility index (Phi) is 3.38. The zero-order valence-corrected chi connectivity index (χ0v) is 8.64. The Bertz CT molecular complexity index is 390. The molecule has 5 heteroatoms. The van der Waals surface area contributed by atoms with Crippen molar-refractivity contribution in [1.29, 1.82) is 0 Å². The normalized spacial score (nSPS) is 9.73. The smallest absolute Gasteiger partial charge is 0.271 e. The second kappa shape index (κ2) is 4.54. The fraction of sp³-hybridized carbons (Fsp3) is 0.300. The summed E-state index contributed by atoms with van der Waals surface area (Å²) in [6, 6.07) is 6.04. The number of hydrogen-bond acceptors (Lipinski definition) is 3. The van der Waals surface area contributed by atoms with Gasteiger partial charge in [0.15, 0.2) is 0 Å². The fourth-order valence-corrected chi connectivity index (χ4v) is 1.36. The summed E-state index contributed by atoms with van der Waals surface area (Å²) in [6.45, 7) is 3.75. The Morgan fingerprint density at radius 2 is 2.20 bits per heavy atom. The third-order valence-corrected chi connectivity index (χ3v) is 2.05. The van der Waals surface area contributed by atoms with Crippen molar-refractivity contribution in [2.45, 2.75) is 13.8 Å². The highest BCUT2D eigenvalue weighted by Crippen LogP contribution is 2.20. The van der Waals surface area contributed by atoms with E-state index in [4.69, 9.17) is 0 Å². The molecule has 0 fully saturated rings. The zero-order valence-electron chi connectivity index (χ0n) is 8.64. The number of non-ortho nitro benzene ring substituents is 1. The van der Waals surface area contributed by atoms with Crippen molar-refractivity contribution in [3.05, 3.63) is 34.4 Å². The summed E-state index contributed by atoms with van der Waals surface area (Å²) in [5.74, 6) is -0.127. The molecular formula is C10H12N2O3. The zero-order chi connectivity index (χ0) is 11.4. The molecule has 15 heavy (non-hydrogen) atoms. The van der Waals surface area contributed by atoms with E-state index < -0.39 is 4.92 Å². The van der Waals surface area contributed by atoms with Gasteiger partial charge in [-0.2, -0.15) is 0 Å². The summed E-state index contributed by atoms with van der Waals surface area (Å²) < 4.78 is 0. The van der Waals surface area contributed by atoms with E-state index in [-0.39, 0.29) is 11.6 Å². The lowest BCUT2D eigenvalue weighted by molar-refractivity contribution is -0.384. The minimum absolute atomic E-state index is 0.00722. The first kappa shape index (κ1) is 11.2. The maximum absolute atomic E-state index is 11.2. The predicted octanol–water partition coefficient (Wildman–Crippen LogP) is 1.97. The van der Waals surface area contributed by atoms with E-state index in [0.29, 0.717) is 12.2 Å². The van der Waals surface area contributed by atoms with Crippen LogP contribution in [-0.4, -0.2) is 17.4 Å². The number of rotatable bonds is 3. The third-order valence-electron chi connectivity index (χ3n) is 2.05. The quantitative estimate of drug-likeness (QED) is 0.563. The monoisotopic (exact) mass is 208 g/mol. The molecule has 0 N–H and O–H groups in total. The molecule has 1 rings (SSSR count). The molecule has 0 atom stereocenters. The molecule has 0 saturated carbocycles. The maximum atomic E-state index is 11.2. The summed E-state index contributed by atoms with van der Waals surface area (Å²) in [6.07, 6.45) is 0. The standard InChI is InChI=1S/C10H12N2O3/c1-3-11(8(2)13)9-5-4-6-10(7-9)12(14)15/h4-7H,3H2,1-2H3. The molecule has 1 amide bonds. The number of benzene rings is 1. The molecule has 0 radical (unpaired) electrons. The highest BCUT2D eigenvalue weighted by Gasteiger charge is 2.12. The molecule has 5 nitrogen and oxygen atoms in total. The van der Waals surface area contributed by atoms with Crippen molar-refractivity contribution in [3.8, 4) is 0 Å². The second-order valence-electron chi connectivity index (χ2n) is 3.04. The molecule has 0 unspecified atom stereocenters. The van der Waals surface area contributed by atoms with Crippen LogP contribution < -0.4 is 4.90 Å². The van der Waals surface area contributed by atoms with Crippen LogP contribution in [0.2, 0.25) is 0 Å². The van der Waals surface area contributed by atoms with E-state index in [1.165, 1.54) is 24.0 Å². The number of nitro groups is 1. The molecule has 0 saturated heterocycles. The molecule has 1 aromatic carbocycles. The van der Waals surface area contributed by atoms with Gasteiger partial charge in [0.25, 0.3) is 5.69 Å². The van der Waals surface area contributed by atoms with Crippen LogP contribution in [0.15, 0.2) is 24.3 Å². The average molecular weight is 208 g/mol. The van der Waals surface area contributed by atoms with E-state index in [1.54, 1.807) is 12.1 Å². The molecule has 0 spiro atoms. The van der Waals surface area contributed by atoms with Crippen molar-refractivity contribution in [2.75, 3.05) is 11.4 Å². The SMILES string of the molecule is CCN(C(C)=O)c1cccc([N+](=O)[O-])c1. The predicted molar refractivity (Wildman–Crippen MR) is 56.8 cm³/mol. The first-order valence-electron chi connectivity index (χ1n) is 4.58. The second-order valence-corrected chi connectivity index (χ2v) is 3.04. The van der Waals surface area contributed by atoms with Crippen LogP contribution in [0, 0.1) is 10.1 Å². The summed E-state index contributed by atoms with van der Waals surface area (Å²) >= 11 is 0. The van der Waals surface area contributed by atoms with Gasteiger partial charge in [0.05, 0.1) is 10.6 Å². The van der Waals surface area contributed by atoms with Crippen LogP contribution in [0.3, 0.4) is 0 Å². The summed E-state index contributed by atoms with van der Waals surface area (Å²) in [5, 5.41) is 10.5. The Hall–Kier alpha value is -1.91. The Morgan fingerprint density at radius 1 is 1.53 bits per heavy atom. The van der Waals surface area contributed by atoms with Crippen LogP contribution in [0.25, 0.3) is 0 Å². The van der Waals surface area contributed by atoms with Crippen molar-refractivity contribution in [3.63, 3.8) is 0 Å². The van der Waals surface area contributed by atoms with Crippen LogP contribution in [0.4, 0.5) is 11.4 Å². The highest BCUT2D eigenvalue weighted by molar-refractivity contribution is 5.91. The van der Waals surface area contributed by atoms with Crippen molar-refractivity contribution < 1.29 is 9.72 Å². The van der Waals surface area contributed by atoms with Gasteiger partial charge in [-0.1, -0.05) is 6.07 Å². The first-order valence-corrected chi connectivity index (χ1v) is 4.58. The van der Waals surface area contributed by atoms with Crippen LogP contribution >= 0.6 is 0 Å². The van der Waals surface area contributed by atoms with E-state index in [9.17, 15) is 14.9 Å². The van der Waals surface area contributed by atoms with E-state index in [1.807, 2.05) is 6.92 Å². The van der Waals surface area contributed by atoms with Crippen molar-refractivity contribution >= 4 is 17.3 Å². The van der Waals surface area contributed by atoms with Gasteiger partial charge in [0.1, 0.15) is 0 Å². The van der Waals surface area contributed by atoms with Gasteiger partial charge in [0, 0.05) is 25.6 Å². The van der Waals surface area contributed by atoms with Crippen molar-refractivity contribution in [1.82, 2.24) is 0 Å². The minimum atomic E-state index is -0.475. The summed E-state index contributed by atoms with van der Waals surface area (Å²) in [5.41, 5.74) is 0.548. The number of nitro benzene ring substituents is 1. The van der Waals surface area contributed by atoms with Crippen molar-refractivity contribution in [2.24, 2.45) is 0 Å². The Labute approximate surface area is 87.5 Å². The summed E-state index contributed by atoms with van der Waals surface area (Å²) in [4.78, 5) is 22.8. The average Bonchev–Trinajstić information content (AvgIpc) is 2.18. The van der Waals surface area contributed by atoms with Gasteiger partial charge >= 0.3 is 0 Å². The molecule has 0 aliphatic carbocycles. The number of anilines is 1. The molecular weight excluding hydrogens is 196 g/mol. The molecule has 1 aromatic rings. The Morgan fingerprint density at radius 3 is 2.67 bits per heavy atom. The lowest BCUT2D eigenvalue weighted by Gasteiger charge is -2.18. The van der Waals surface area contributed by atoms with E-state index in [2.05, 4.69) is 0 Å². The first-order chi connectivity index (χ1) is 7.06. The van der Waals surface area contributed by atoms with Gasteiger partial charge in [0.2, 0.25) is 5.91 Å². The minimum Gasteiger partial charge on any atom is -0.313 e. The molecule has 80 valence electrons. The van der Waals surface area contributed by atoms with E-state index in [0.717, 1.165) is 0 Å². The molecule has 0 aliphatic heterocycles. The summed E-state index contributed by atoms with van der Waals surface area (Å²) in [7, 11) is 0. The molecule has 0 bridgehead atoms. The third kappa shape index (κ3) is 2.52. The largest absolute Gasteiger partial charge is 0.313 e. The van der Waals surface area contributed by atoms with E-state index >= 15 is 0 Å². The van der Waals surface area contributed by atoms with Crippen LogP contribution in [0.5, 0.6) is 0 Å². The number of nitrogens with zero attached hydrogens (tertiary/aromatic N) is 2. The highest BCUT2D eigenvalue weighted by atomic mass is 16.6. The van der Waals surface area contributed by atoms with Gasteiger partial charge in [-0.25, -0.2) is 0 Å². The van der Waals surface area contributed by atoms with Gasteiger partial charge in [-0.05, 0) is 13.0 Å². The van der Waals surface area contributed by atoms with Gasteiger partial charge in [-0.3, -0.25) is 14.9 Å². The molecule has 0 heterocycles. The molecule has 0 aliphatic rings. The molecule has 0 aromatic heterocycles. The van der Waals surface area contributed by atoms with Crippen LogP contribution in [-0.2, 0) is 4.79 Å². The number of carbonyl (C=O) groups is 1. The lowest BCUT2D eigenvalue weighted by Crippen LogP contribution is -2.27. The van der Waals surface area contributed by atoms with Gasteiger partial charge < -0.3 is 4.90 Å². The van der Waals surface area contributed by atoms with Gasteiger partial charge in [-0.15, -0.1) is 0 Å². The fourth-order valence-electron chi connectivity index (χ4n) is 1.36. The van der Waals surface area contributed by atoms with Crippen LogP contribution in [0.1, 0.15) is 13.8 Å².